The molecule has 7 heteroatoms. The average molecular weight is 254 g/mol. The summed E-state index contributed by atoms with van der Waals surface area (Å²) in [4.78, 5) is 19.1. The number of halogens is 1. The molecule has 0 atom stereocenters. The van der Waals surface area contributed by atoms with E-state index in [2.05, 4.69) is 9.98 Å². The second kappa shape index (κ2) is 4.99. The molecule has 0 aromatic carbocycles. The average Bonchev–Trinajstić information content (AvgIpc) is 2.17. The summed E-state index contributed by atoms with van der Waals surface area (Å²) in [7, 11) is 0. The van der Waals surface area contributed by atoms with Crippen LogP contribution in [0.4, 0.5) is 10.2 Å². The first-order valence-corrected chi connectivity index (χ1v) is 5.17. The van der Waals surface area contributed by atoms with Crippen molar-refractivity contribution in [2.45, 2.75) is 26.4 Å². The van der Waals surface area contributed by atoms with Crippen molar-refractivity contribution < 1.29 is 13.9 Å². The summed E-state index contributed by atoms with van der Waals surface area (Å²) in [5, 5.41) is 0. The standard InChI is InChI=1S/C11H15FN4O2/c1-11(2,3)18-9(17)7-4-6(12)5-15-8(7)16-10(13)14/h4-5H,1-3H3,(H4,13,14,15,16). The van der Waals surface area contributed by atoms with Gasteiger partial charge in [0.15, 0.2) is 11.8 Å². The number of aliphatic imine (C=N–C) groups is 1. The number of carbonyl (C=O) groups is 1. The molecule has 0 aliphatic rings. The summed E-state index contributed by atoms with van der Waals surface area (Å²) in [6.45, 7) is 5.08. The maximum Gasteiger partial charge on any atom is 0.342 e. The molecule has 0 bridgehead atoms. The Hall–Kier alpha value is -2.18. The number of ether oxygens (including phenoxy) is 1. The zero-order valence-electron chi connectivity index (χ0n) is 10.4. The third kappa shape index (κ3) is 4.00. The summed E-state index contributed by atoms with van der Waals surface area (Å²) >= 11 is 0. The van der Waals surface area contributed by atoms with E-state index in [4.69, 9.17) is 16.2 Å². The molecule has 0 amide bonds. The molecule has 18 heavy (non-hydrogen) atoms. The van der Waals surface area contributed by atoms with Crippen LogP contribution < -0.4 is 11.5 Å². The van der Waals surface area contributed by atoms with Gasteiger partial charge < -0.3 is 16.2 Å². The molecule has 0 saturated carbocycles. The van der Waals surface area contributed by atoms with Crippen molar-refractivity contribution in [1.29, 1.82) is 0 Å². The van der Waals surface area contributed by atoms with E-state index in [-0.39, 0.29) is 17.3 Å². The van der Waals surface area contributed by atoms with Crippen LogP contribution in [-0.4, -0.2) is 22.5 Å². The maximum atomic E-state index is 13.1. The van der Waals surface area contributed by atoms with Gasteiger partial charge >= 0.3 is 5.97 Å². The molecule has 98 valence electrons. The minimum atomic E-state index is -0.741. The number of nitrogens with two attached hydrogens (primary N) is 2. The topological polar surface area (TPSA) is 104 Å². The lowest BCUT2D eigenvalue weighted by atomic mass is 10.2. The van der Waals surface area contributed by atoms with Crippen molar-refractivity contribution in [3.63, 3.8) is 0 Å². The Morgan fingerprint density at radius 1 is 1.44 bits per heavy atom. The number of hydrogen-bond acceptors (Lipinski definition) is 4. The van der Waals surface area contributed by atoms with Crippen LogP contribution in [0, 0.1) is 5.82 Å². The van der Waals surface area contributed by atoms with E-state index in [0.29, 0.717) is 0 Å². The number of aromatic nitrogens is 1. The minimum Gasteiger partial charge on any atom is -0.456 e. The number of hydrogen-bond donors (Lipinski definition) is 2. The highest BCUT2D eigenvalue weighted by molar-refractivity contribution is 5.95. The van der Waals surface area contributed by atoms with E-state index in [0.717, 1.165) is 12.3 Å². The van der Waals surface area contributed by atoms with Crippen LogP contribution in [-0.2, 0) is 4.74 Å². The van der Waals surface area contributed by atoms with Crippen molar-refractivity contribution in [3.8, 4) is 0 Å². The van der Waals surface area contributed by atoms with E-state index in [1.165, 1.54) is 0 Å². The summed E-state index contributed by atoms with van der Waals surface area (Å²) in [5.41, 5.74) is 9.57. The number of nitrogens with zero attached hydrogens (tertiary/aromatic N) is 2. The van der Waals surface area contributed by atoms with Gasteiger partial charge in [-0.1, -0.05) is 0 Å². The van der Waals surface area contributed by atoms with Gasteiger partial charge in [0.25, 0.3) is 0 Å². The summed E-state index contributed by atoms with van der Waals surface area (Å²) in [6.07, 6.45) is 0.912. The van der Waals surface area contributed by atoms with Gasteiger partial charge in [-0.25, -0.2) is 14.2 Å². The van der Waals surface area contributed by atoms with Gasteiger partial charge in [0, 0.05) is 0 Å². The summed E-state index contributed by atoms with van der Waals surface area (Å²) in [6, 6.07) is 0.975. The molecular formula is C11H15FN4O2. The molecule has 0 spiro atoms. The van der Waals surface area contributed by atoms with Gasteiger partial charge in [-0.3, -0.25) is 0 Å². The molecule has 0 fully saturated rings. The van der Waals surface area contributed by atoms with Crippen LogP contribution in [0.25, 0.3) is 0 Å². The minimum absolute atomic E-state index is 0.0781. The van der Waals surface area contributed by atoms with Crippen molar-refractivity contribution in [1.82, 2.24) is 4.98 Å². The number of esters is 1. The van der Waals surface area contributed by atoms with Crippen LogP contribution in [0.15, 0.2) is 17.3 Å². The molecule has 1 heterocycles. The van der Waals surface area contributed by atoms with Crippen LogP contribution in [0.5, 0.6) is 0 Å². The number of rotatable bonds is 2. The number of pyridine rings is 1. The second-order valence-corrected chi connectivity index (χ2v) is 4.56. The molecule has 0 saturated heterocycles. The fraction of sp³-hybridized carbons (Fsp3) is 0.364. The van der Waals surface area contributed by atoms with Crippen molar-refractivity contribution in [2.75, 3.05) is 0 Å². The van der Waals surface area contributed by atoms with Gasteiger partial charge in [0.1, 0.15) is 17.0 Å². The van der Waals surface area contributed by atoms with Gasteiger partial charge in [-0.2, -0.15) is 4.99 Å². The molecular weight excluding hydrogens is 239 g/mol. The van der Waals surface area contributed by atoms with Crippen molar-refractivity contribution in [3.05, 3.63) is 23.6 Å². The Kier molecular flexibility index (Phi) is 3.85. The third-order valence-corrected chi connectivity index (χ3v) is 1.69. The monoisotopic (exact) mass is 254 g/mol. The van der Waals surface area contributed by atoms with Gasteiger partial charge in [-0.05, 0) is 26.8 Å². The van der Waals surface area contributed by atoms with Crippen LogP contribution >= 0.6 is 0 Å². The zero-order valence-corrected chi connectivity index (χ0v) is 10.4. The quantitative estimate of drug-likeness (QED) is 0.467. The normalized spacial score (nSPS) is 10.9. The number of guanidine groups is 1. The second-order valence-electron chi connectivity index (χ2n) is 4.56. The Balaban J connectivity index is 3.17. The highest BCUT2D eigenvalue weighted by Gasteiger charge is 2.21. The number of carbonyl (C=O) groups excluding carboxylic acids is 1. The molecule has 1 rings (SSSR count). The molecule has 0 aliphatic heterocycles. The van der Waals surface area contributed by atoms with E-state index in [1.807, 2.05) is 0 Å². The first kappa shape index (κ1) is 13.9. The first-order chi connectivity index (χ1) is 8.19. The van der Waals surface area contributed by atoms with E-state index in [1.54, 1.807) is 20.8 Å². The SMILES string of the molecule is CC(C)(C)OC(=O)c1cc(F)cnc1N=C(N)N. The largest absolute Gasteiger partial charge is 0.456 e. The van der Waals surface area contributed by atoms with Gasteiger partial charge in [0.05, 0.1) is 6.20 Å². The zero-order chi connectivity index (χ0) is 13.9. The molecule has 0 radical (unpaired) electrons. The highest BCUT2D eigenvalue weighted by atomic mass is 19.1. The van der Waals surface area contributed by atoms with Crippen LogP contribution in [0.1, 0.15) is 31.1 Å². The fourth-order valence-corrected chi connectivity index (χ4v) is 1.13. The predicted octanol–water partition coefficient (Wildman–Crippen LogP) is 1.08. The van der Waals surface area contributed by atoms with Crippen molar-refractivity contribution >= 4 is 17.7 Å². The van der Waals surface area contributed by atoms with Crippen LogP contribution in [0.3, 0.4) is 0 Å². The van der Waals surface area contributed by atoms with Gasteiger partial charge in [0.2, 0.25) is 0 Å². The highest BCUT2D eigenvalue weighted by Crippen LogP contribution is 2.20. The lowest BCUT2D eigenvalue weighted by molar-refractivity contribution is 0.00697. The fourth-order valence-electron chi connectivity index (χ4n) is 1.13. The Bertz CT molecular complexity index is 490. The third-order valence-electron chi connectivity index (χ3n) is 1.69. The van der Waals surface area contributed by atoms with E-state index in [9.17, 15) is 9.18 Å². The van der Waals surface area contributed by atoms with E-state index >= 15 is 0 Å². The predicted molar refractivity (Wildman–Crippen MR) is 64.8 cm³/mol. The Morgan fingerprint density at radius 3 is 2.56 bits per heavy atom. The van der Waals surface area contributed by atoms with Gasteiger partial charge in [-0.15, -0.1) is 0 Å². The molecule has 6 nitrogen and oxygen atoms in total. The molecule has 1 aromatic heterocycles. The molecule has 0 unspecified atom stereocenters. The first-order valence-electron chi connectivity index (χ1n) is 5.17. The summed E-state index contributed by atoms with van der Waals surface area (Å²) in [5.74, 6) is -1.77. The molecule has 1 aromatic rings. The molecule has 4 N–H and O–H groups in total. The lowest BCUT2D eigenvalue weighted by Crippen LogP contribution is -2.25. The smallest absolute Gasteiger partial charge is 0.342 e. The van der Waals surface area contributed by atoms with Crippen molar-refractivity contribution in [2.24, 2.45) is 16.5 Å². The van der Waals surface area contributed by atoms with Crippen LogP contribution in [0.2, 0.25) is 0 Å². The Morgan fingerprint density at radius 2 is 2.06 bits per heavy atom. The van der Waals surface area contributed by atoms with E-state index < -0.39 is 17.4 Å². The lowest BCUT2D eigenvalue weighted by Gasteiger charge is -2.19. The molecule has 0 aliphatic carbocycles. The maximum absolute atomic E-state index is 13.1. The Labute approximate surface area is 104 Å². The summed E-state index contributed by atoms with van der Waals surface area (Å²) < 4.78 is 18.2.